The zero-order valence-corrected chi connectivity index (χ0v) is 10.2. The molecule has 0 aromatic heterocycles. The van der Waals surface area contributed by atoms with E-state index in [1.54, 1.807) is 6.07 Å². The number of fused-ring (bicyclic) bond motifs is 1. The molecule has 17 heavy (non-hydrogen) atoms. The summed E-state index contributed by atoms with van der Waals surface area (Å²) in [6.45, 7) is 4.45. The Kier molecular flexibility index (Phi) is 3.27. The number of carbonyl (C=O) groups is 2. The highest BCUT2D eigenvalue weighted by molar-refractivity contribution is 6.02. The van der Waals surface area contributed by atoms with Gasteiger partial charge in [-0.1, -0.05) is 26.0 Å². The van der Waals surface area contributed by atoms with Gasteiger partial charge in [0.15, 0.2) is 5.78 Å². The Morgan fingerprint density at radius 2 is 2.12 bits per heavy atom. The predicted octanol–water partition coefficient (Wildman–Crippen LogP) is 2.20. The Balaban J connectivity index is 2.41. The third-order valence-corrected chi connectivity index (χ3v) is 3.07. The third kappa shape index (κ3) is 2.38. The molecule has 90 valence electrons. The van der Waals surface area contributed by atoms with Crippen LogP contribution >= 0.6 is 0 Å². The highest BCUT2D eigenvalue weighted by Crippen LogP contribution is 2.18. The molecule has 0 radical (unpaired) electrons. The number of hydrogen-bond donors (Lipinski definition) is 1. The highest BCUT2D eigenvalue weighted by atomic mass is 16.1. The number of Topliss-reactive ketones (excluding diaryl/α,β-unsaturated/α-hetero) is 1. The summed E-state index contributed by atoms with van der Waals surface area (Å²) in [7, 11) is 0. The monoisotopic (exact) mass is 231 g/mol. The van der Waals surface area contributed by atoms with Gasteiger partial charge in [0.05, 0.1) is 0 Å². The molecule has 1 aliphatic heterocycles. The first-order valence-corrected chi connectivity index (χ1v) is 6.05. The van der Waals surface area contributed by atoms with Crippen molar-refractivity contribution in [2.45, 2.75) is 26.7 Å². The number of carbonyl (C=O) groups excluding carboxylic acids is 2. The van der Waals surface area contributed by atoms with E-state index in [0.29, 0.717) is 17.7 Å². The molecule has 0 aliphatic carbocycles. The summed E-state index contributed by atoms with van der Waals surface area (Å²) in [5.74, 6) is -0.0114. The minimum Gasteiger partial charge on any atom is -0.352 e. The minimum atomic E-state index is -0.0593. The van der Waals surface area contributed by atoms with Gasteiger partial charge in [-0.05, 0) is 24.5 Å². The third-order valence-electron chi connectivity index (χ3n) is 3.07. The summed E-state index contributed by atoms with van der Waals surface area (Å²) in [4.78, 5) is 23.7. The lowest BCUT2D eigenvalue weighted by Crippen LogP contribution is -2.23. The summed E-state index contributed by atoms with van der Waals surface area (Å²) in [6, 6.07) is 5.48. The SMILES string of the molecule is CC(C)C(=O)c1ccc2c(c1)C(=O)NCCC2. The van der Waals surface area contributed by atoms with Crippen LogP contribution in [0, 0.1) is 5.92 Å². The smallest absolute Gasteiger partial charge is 0.251 e. The van der Waals surface area contributed by atoms with E-state index in [4.69, 9.17) is 0 Å². The fourth-order valence-corrected chi connectivity index (χ4v) is 2.07. The topological polar surface area (TPSA) is 46.2 Å². The first-order chi connectivity index (χ1) is 8.09. The van der Waals surface area contributed by atoms with Crippen molar-refractivity contribution in [3.05, 3.63) is 34.9 Å². The Labute approximate surface area is 101 Å². The molecule has 3 nitrogen and oxygen atoms in total. The van der Waals surface area contributed by atoms with E-state index in [1.165, 1.54) is 0 Å². The Morgan fingerprint density at radius 1 is 1.35 bits per heavy atom. The van der Waals surface area contributed by atoms with Gasteiger partial charge in [-0.2, -0.15) is 0 Å². The molecule has 2 rings (SSSR count). The van der Waals surface area contributed by atoms with Gasteiger partial charge in [0.25, 0.3) is 5.91 Å². The van der Waals surface area contributed by atoms with E-state index >= 15 is 0 Å². The molecule has 0 unspecified atom stereocenters. The number of hydrogen-bond acceptors (Lipinski definition) is 2. The van der Waals surface area contributed by atoms with Crippen LogP contribution in [0.25, 0.3) is 0 Å². The second kappa shape index (κ2) is 4.70. The molecule has 0 atom stereocenters. The summed E-state index contributed by atoms with van der Waals surface area (Å²) in [5.41, 5.74) is 2.34. The van der Waals surface area contributed by atoms with Gasteiger partial charge in [0, 0.05) is 23.6 Å². The number of ketones is 1. The molecule has 1 aromatic carbocycles. The Morgan fingerprint density at radius 3 is 2.82 bits per heavy atom. The lowest BCUT2D eigenvalue weighted by molar-refractivity contribution is 0.0939. The van der Waals surface area contributed by atoms with Gasteiger partial charge in [-0.3, -0.25) is 9.59 Å². The lowest BCUT2D eigenvalue weighted by atomic mass is 9.95. The second-order valence-electron chi connectivity index (χ2n) is 4.75. The normalized spacial score (nSPS) is 15.1. The van der Waals surface area contributed by atoms with Gasteiger partial charge in [-0.15, -0.1) is 0 Å². The largest absolute Gasteiger partial charge is 0.352 e. The molecule has 1 N–H and O–H groups in total. The van der Waals surface area contributed by atoms with Crippen LogP contribution in [0.5, 0.6) is 0 Å². The lowest BCUT2D eigenvalue weighted by Gasteiger charge is -2.09. The van der Waals surface area contributed by atoms with Crippen molar-refractivity contribution in [1.82, 2.24) is 5.32 Å². The van der Waals surface area contributed by atoms with Crippen molar-refractivity contribution < 1.29 is 9.59 Å². The molecule has 0 bridgehead atoms. The number of benzene rings is 1. The van der Waals surface area contributed by atoms with Gasteiger partial charge >= 0.3 is 0 Å². The van der Waals surface area contributed by atoms with Gasteiger partial charge in [0.1, 0.15) is 0 Å². The van der Waals surface area contributed by atoms with E-state index in [-0.39, 0.29) is 17.6 Å². The van der Waals surface area contributed by atoms with E-state index < -0.39 is 0 Å². The van der Waals surface area contributed by atoms with Crippen LogP contribution in [0.3, 0.4) is 0 Å². The molecule has 0 fully saturated rings. The van der Waals surface area contributed by atoms with Crippen molar-refractivity contribution in [3.63, 3.8) is 0 Å². The Hall–Kier alpha value is -1.64. The van der Waals surface area contributed by atoms with E-state index in [1.807, 2.05) is 26.0 Å². The van der Waals surface area contributed by atoms with Crippen LogP contribution in [-0.4, -0.2) is 18.2 Å². The first kappa shape index (κ1) is 11.8. The minimum absolute atomic E-state index is 0.0399. The van der Waals surface area contributed by atoms with Crippen LogP contribution in [0.4, 0.5) is 0 Å². The Bertz CT molecular complexity index is 463. The maximum atomic E-state index is 11.9. The number of nitrogens with one attached hydrogen (secondary N) is 1. The van der Waals surface area contributed by atoms with Crippen LogP contribution < -0.4 is 5.32 Å². The molecular formula is C14H17NO2. The molecule has 1 aliphatic rings. The van der Waals surface area contributed by atoms with Crippen LogP contribution in [0.2, 0.25) is 0 Å². The van der Waals surface area contributed by atoms with Crippen molar-refractivity contribution in [2.24, 2.45) is 5.92 Å². The van der Waals surface area contributed by atoms with E-state index in [2.05, 4.69) is 5.32 Å². The zero-order chi connectivity index (χ0) is 12.4. The quantitative estimate of drug-likeness (QED) is 0.793. The molecule has 0 saturated heterocycles. The molecule has 0 saturated carbocycles. The maximum absolute atomic E-state index is 11.9. The highest BCUT2D eigenvalue weighted by Gasteiger charge is 2.18. The molecular weight excluding hydrogens is 214 g/mol. The van der Waals surface area contributed by atoms with Crippen molar-refractivity contribution in [3.8, 4) is 0 Å². The van der Waals surface area contributed by atoms with E-state index in [0.717, 1.165) is 18.4 Å². The number of rotatable bonds is 2. The molecule has 1 amide bonds. The standard InChI is InChI=1S/C14H17NO2/c1-9(2)13(16)11-6-5-10-4-3-7-15-14(17)12(10)8-11/h5-6,8-9H,3-4,7H2,1-2H3,(H,15,17). The van der Waals surface area contributed by atoms with Crippen molar-refractivity contribution in [1.29, 1.82) is 0 Å². The number of aryl methyl sites for hydroxylation is 1. The van der Waals surface area contributed by atoms with Crippen molar-refractivity contribution in [2.75, 3.05) is 6.54 Å². The fourth-order valence-electron chi connectivity index (χ4n) is 2.07. The average molecular weight is 231 g/mol. The van der Waals surface area contributed by atoms with E-state index in [9.17, 15) is 9.59 Å². The van der Waals surface area contributed by atoms with Gasteiger partial charge in [0.2, 0.25) is 0 Å². The van der Waals surface area contributed by atoms with Crippen LogP contribution in [0.15, 0.2) is 18.2 Å². The first-order valence-electron chi connectivity index (χ1n) is 6.05. The van der Waals surface area contributed by atoms with Gasteiger partial charge < -0.3 is 5.32 Å². The molecule has 0 spiro atoms. The van der Waals surface area contributed by atoms with Crippen LogP contribution in [-0.2, 0) is 6.42 Å². The van der Waals surface area contributed by atoms with Gasteiger partial charge in [-0.25, -0.2) is 0 Å². The second-order valence-corrected chi connectivity index (χ2v) is 4.75. The summed E-state index contributed by atoms with van der Waals surface area (Å²) in [5, 5.41) is 2.85. The molecule has 3 heteroatoms. The maximum Gasteiger partial charge on any atom is 0.251 e. The summed E-state index contributed by atoms with van der Waals surface area (Å²) in [6.07, 6.45) is 1.85. The number of amides is 1. The predicted molar refractivity (Wildman–Crippen MR) is 66.3 cm³/mol. The molecule has 1 aromatic rings. The van der Waals surface area contributed by atoms with Crippen LogP contribution in [0.1, 0.15) is 46.5 Å². The zero-order valence-electron chi connectivity index (χ0n) is 10.2. The summed E-state index contributed by atoms with van der Waals surface area (Å²) < 4.78 is 0. The fraction of sp³-hybridized carbons (Fsp3) is 0.429. The summed E-state index contributed by atoms with van der Waals surface area (Å²) >= 11 is 0. The average Bonchev–Trinajstić information content (AvgIpc) is 2.50. The molecule has 1 heterocycles. The van der Waals surface area contributed by atoms with Crippen molar-refractivity contribution >= 4 is 11.7 Å².